The maximum atomic E-state index is 13.9. The lowest BCUT2D eigenvalue weighted by Crippen LogP contribution is -2.30. The quantitative estimate of drug-likeness (QED) is 0.269. The van der Waals surface area contributed by atoms with Crippen LogP contribution in [0.5, 0.6) is 5.75 Å². The lowest BCUT2D eigenvalue weighted by Gasteiger charge is -2.19. The molecule has 1 heterocycles. The fraction of sp³-hybridized carbons (Fsp3) is 0.161. The lowest BCUT2D eigenvalue weighted by atomic mass is 10.0. The maximum Gasteiger partial charge on any atom is 0.270 e. The number of fused-ring (bicyclic) bond motifs is 1. The summed E-state index contributed by atoms with van der Waals surface area (Å²) in [5.41, 5.74) is 4.03. The molecular formula is C31H29N3O2. The maximum absolute atomic E-state index is 13.9. The Bertz CT molecular complexity index is 1510. The summed E-state index contributed by atoms with van der Waals surface area (Å²) in [5.74, 6) is 0.797. The van der Waals surface area contributed by atoms with E-state index in [1.54, 1.807) is 12.1 Å². The van der Waals surface area contributed by atoms with Crippen LogP contribution in [0.3, 0.4) is 0 Å². The number of aromatic nitrogens is 2. The summed E-state index contributed by atoms with van der Waals surface area (Å²) >= 11 is 0. The predicted molar refractivity (Wildman–Crippen MR) is 145 cm³/mol. The van der Waals surface area contributed by atoms with Crippen molar-refractivity contribution in [2.75, 3.05) is 0 Å². The van der Waals surface area contributed by atoms with Crippen molar-refractivity contribution < 1.29 is 9.90 Å². The van der Waals surface area contributed by atoms with Gasteiger partial charge in [0.25, 0.3) is 5.91 Å². The van der Waals surface area contributed by atoms with E-state index in [1.807, 2.05) is 84.4 Å². The van der Waals surface area contributed by atoms with E-state index in [0.29, 0.717) is 11.4 Å². The van der Waals surface area contributed by atoms with Gasteiger partial charge in [0.15, 0.2) is 0 Å². The van der Waals surface area contributed by atoms with Crippen LogP contribution >= 0.6 is 0 Å². The molecule has 5 heteroatoms. The van der Waals surface area contributed by atoms with Crippen LogP contribution < -0.4 is 5.32 Å². The number of hydrogen-bond donors (Lipinski definition) is 2. The highest BCUT2D eigenvalue weighted by molar-refractivity contribution is 6.01. The first kappa shape index (κ1) is 23.4. The number of aromatic hydroxyl groups is 1. The van der Waals surface area contributed by atoms with E-state index in [1.165, 1.54) is 0 Å². The van der Waals surface area contributed by atoms with Gasteiger partial charge in [-0.05, 0) is 41.0 Å². The SMILES string of the molecule is CCCC(NC(=O)c1c(-c2ccc3cc(O)ccc3c2)nc(-c2ccccc2)n1C)c1ccccc1. The van der Waals surface area contributed by atoms with Gasteiger partial charge in [0.1, 0.15) is 23.0 Å². The summed E-state index contributed by atoms with van der Waals surface area (Å²) in [7, 11) is 1.89. The minimum absolute atomic E-state index is 0.0915. The number of benzene rings is 4. The lowest BCUT2D eigenvalue weighted by molar-refractivity contribution is 0.0927. The summed E-state index contributed by atoms with van der Waals surface area (Å²) < 4.78 is 1.88. The van der Waals surface area contributed by atoms with Crippen molar-refractivity contribution in [3.05, 3.63) is 108 Å². The van der Waals surface area contributed by atoms with Crippen LogP contribution in [0.25, 0.3) is 33.4 Å². The highest BCUT2D eigenvalue weighted by atomic mass is 16.3. The van der Waals surface area contributed by atoms with E-state index in [2.05, 4.69) is 24.4 Å². The van der Waals surface area contributed by atoms with E-state index >= 15 is 0 Å². The number of imidazole rings is 1. The molecule has 5 aromatic rings. The zero-order valence-corrected chi connectivity index (χ0v) is 20.5. The number of rotatable bonds is 7. The third-order valence-electron chi connectivity index (χ3n) is 6.52. The van der Waals surface area contributed by atoms with Gasteiger partial charge in [-0.15, -0.1) is 0 Å². The van der Waals surface area contributed by atoms with Crippen molar-refractivity contribution in [3.63, 3.8) is 0 Å². The Morgan fingerprint density at radius 1 is 0.889 bits per heavy atom. The molecule has 5 rings (SSSR count). The van der Waals surface area contributed by atoms with Gasteiger partial charge in [-0.25, -0.2) is 4.98 Å². The molecule has 0 bridgehead atoms. The van der Waals surface area contributed by atoms with Gasteiger partial charge in [-0.1, -0.05) is 92.2 Å². The van der Waals surface area contributed by atoms with Crippen molar-refractivity contribution in [3.8, 4) is 28.4 Å². The fourth-order valence-corrected chi connectivity index (χ4v) is 4.71. The minimum Gasteiger partial charge on any atom is -0.508 e. The molecule has 1 amide bonds. The summed E-state index contributed by atoms with van der Waals surface area (Å²) in [6.07, 6.45) is 1.79. The number of hydrogen-bond acceptors (Lipinski definition) is 3. The molecule has 1 unspecified atom stereocenters. The van der Waals surface area contributed by atoms with Crippen LogP contribution in [0.4, 0.5) is 0 Å². The molecule has 0 aliphatic rings. The van der Waals surface area contributed by atoms with Crippen molar-refractivity contribution >= 4 is 16.7 Å². The first-order valence-electron chi connectivity index (χ1n) is 12.3. The third-order valence-corrected chi connectivity index (χ3v) is 6.52. The van der Waals surface area contributed by atoms with Gasteiger partial charge < -0.3 is 15.0 Å². The van der Waals surface area contributed by atoms with Crippen LogP contribution in [0.1, 0.15) is 41.9 Å². The van der Waals surface area contributed by atoms with Gasteiger partial charge >= 0.3 is 0 Å². The van der Waals surface area contributed by atoms with E-state index < -0.39 is 0 Å². The van der Waals surface area contributed by atoms with Crippen LogP contribution in [0.2, 0.25) is 0 Å². The Morgan fingerprint density at radius 2 is 1.56 bits per heavy atom. The average Bonchev–Trinajstić information content (AvgIpc) is 3.26. The summed E-state index contributed by atoms with van der Waals surface area (Å²) in [4.78, 5) is 18.8. The van der Waals surface area contributed by atoms with Crippen molar-refractivity contribution in [2.45, 2.75) is 25.8 Å². The summed E-state index contributed by atoms with van der Waals surface area (Å²) in [5, 5.41) is 15.0. The number of phenolic OH excluding ortho intramolecular Hbond substituents is 1. The predicted octanol–water partition coefficient (Wildman–Crippen LogP) is 6.88. The van der Waals surface area contributed by atoms with Crippen molar-refractivity contribution in [2.24, 2.45) is 7.05 Å². The zero-order chi connectivity index (χ0) is 25.1. The Morgan fingerprint density at radius 3 is 2.28 bits per heavy atom. The molecule has 0 saturated heterocycles. The van der Waals surface area contributed by atoms with E-state index in [4.69, 9.17) is 4.98 Å². The summed E-state index contributed by atoms with van der Waals surface area (Å²) in [6, 6.07) is 31.1. The number of nitrogens with one attached hydrogen (secondary N) is 1. The summed E-state index contributed by atoms with van der Waals surface area (Å²) in [6.45, 7) is 2.12. The molecule has 5 nitrogen and oxygen atoms in total. The number of phenols is 1. The largest absolute Gasteiger partial charge is 0.508 e. The van der Waals surface area contributed by atoms with Crippen molar-refractivity contribution in [1.29, 1.82) is 0 Å². The van der Waals surface area contributed by atoms with Crippen LogP contribution in [-0.2, 0) is 7.05 Å². The van der Waals surface area contributed by atoms with Gasteiger partial charge in [0.2, 0.25) is 0 Å². The molecule has 0 radical (unpaired) electrons. The van der Waals surface area contributed by atoms with Gasteiger partial charge in [0.05, 0.1) is 6.04 Å². The van der Waals surface area contributed by atoms with Crippen LogP contribution in [0, 0.1) is 0 Å². The second kappa shape index (κ2) is 10.1. The number of nitrogens with zero attached hydrogens (tertiary/aromatic N) is 2. The van der Waals surface area contributed by atoms with E-state index in [9.17, 15) is 9.90 Å². The Balaban J connectivity index is 1.62. The molecule has 0 aliphatic heterocycles. The molecule has 2 N–H and O–H groups in total. The molecule has 1 atom stereocenters. The number of carbonyl (C=O) groups excluding carboxylic acids is 1. The van der Waals surface area contributed by atoms with Crippen LogP contribution in [0.15, 0.2) is 97.1 Å². The third kappa shape index (κ3) is 4.60. The fourth-order valence-electron chi connectivity index (χ4n) is 4.71. The van der Waals surface area contributed by atoms with E-state index in [0.717, 1.165) is 46.1 Å². The highest BCUT2D eigenvalue weighted by Gasteiger charge is 2.25. The number of carbonyl (C=O) groups is 1. The second-order valence-electron chi connectivity index (χ2n) is 9.03. The molecular weight excluding hydrogens is 446 g/mol. The first-order chi connectivity index (χ1) is 17.5. The smallest absolute Gasteiger partial charge is 0.270 e. The molecule has 0 aliphatic carbocycles. The van der Waals surface area contributed by atoms with Gasteiger partial charge in [0, 0.05) is 18.2 Å². The monoisotopic (exact) mass is 475 g/mol. The Labute approximate surface area is 211 Å². The average molecular weight is 476 g/mol. The van der Waals surface area contributed by atoms with E-state index in [-0.39, 0.29) is 17.7 Å². The highest BCUT2D eigenvalue weighted by Crippen LogP contribution is 2.32. The molecule has 0 spiro atoms. The van der Waals surface area contributed by atoms with Gasteiger partial charge in [-0.2, -0.15) is 0 Å². The molecule has 4 aromatic carbocycles. The zero-order valence-electron chi connectivity index (χ0n) is 20.5. The molecule has 0 fully saturated rings. The Hall–Kier alpha value is -4.38. The topological polar surface area (TPSA) is 67.2 Å². The normalized spacial score (nSPS) is 11.9. The standard InChI is InChI=1S/C31H29N3O2/c1-3-10-27(21-11-6-4-7-12-21)32-31(36)29-28(33-30(34(29)2)22-13-8-5-9-14-22)25-16-15-24-20-26(35)18-17-23(24)19-25/h4-9,11-20,27,35H,3,10H2,1-2H3,(H,32,36). The van der Waals surface area contributed by atoms with Crippen LogP contribution in [-0.4, -0.2) is 20.6 Å². The minimum atomic E-state index is -0.157. The van der Waals surface area contributed by atoms with Crippen molar-refractivity contribution in [1.82, 2.24) is 14.9 Å². The second-order valence-corrected chi connectivity index (χ2v) is 9.03. The first-order valence-corrected chi connectivity index (χ1v) is 12.3. The molecule has 36 heavy (non-hydrogen) atoms. The molecule has 180 valence electrons. The molecule has 1 aromatic heterocycles. The van der Waals surface area contributed by atoms with Gasteiger partial charge in [-0.3, -0.25) is 4.79 Å². The number of amides is 1. The Kier molecular flexibility index (Phi) is 6.54. The molecule has 0 saturated carbocycles.